The van der Waals surface area contributed by atoms with E-state index in [-0.39, 0.29) is 0 Å². The summed E-state index contributed by atoms with van der Waals surface area (Å²) in [5.41, 5.74) is 5.45. The molecule has 1 saturated heterocycles. The van der Waals surface area contributed by atoms with Gasteiger partial charge in [0.05, 0.1) is 25.9 Å². The fourth-order valence-electron chi connectivity index (χ4n) is 5.25. The fourth-order valence-corrected chi connectivity index (χ4v) is 5.25. The number of nitrogens with zero attached hydrogens (tertiary/aromatic N) is 1. The minimum Gasteiger partial charge on any atom is -0.496 e. The van der Waals surface area contributed by atoms with E-state index in [1.165, 1.54) is 11.1 Å². The molecule has 0 spiro atoms. The number of rotatable bonds is 8. The Labute approximate surface area is 213 Å². The SMILES string of the molecule is COc1cc(/C=C/c2cccc(C3C=CC=CC3)c2C)cc(OC)c1CN1CCCC(O)C1C(=O)O. The van der Waals surface area contributed by atoms with E-state index >= 15 is 0 Å². The van der Waals surface area contributed by atoms with Crippen LogP contribution in [0.1, 0.15) is 53.0 Å². The number of likely N-dealkylation sites (tertiary alicyclic amines) is 1. The van der Waals surface area contributed by atoms with Crippen LogP contribution >= 0.6 is 0 Å². The van der Waals surface area contributed by atoms with Crippen LogP contribution in [0.25, 0.3) is 12.2 Å². The lowest BCUT2D eigenvalue weighted by molar-refractivity contribution is -0.150. The molecule has 1 heterocycles. The molecule has 0 aromatic heterocycles. The number of allylic oxidation sites excluding steroid dienone is 4. The standard InChI is InChI=1S/C30H35NO5/c1-20-22(11-7-12-24(20)23-9-5-4-6-10-23)15-14-21-17-27(35-2)25(28(18-21)36-3)19-31-16-8-13-26(32)29(31)30(33)34/h4-7,9,11-12,14-15,17-18,23,26,29,32H,8,10,13,16,19H2,1-3H3,(H,33,34)/b15-14+. The number of carbonyl (C=O) groups is 1. The lowest BCUT2D eigenvalue weighted by Crippen LogP contribution is -2.52. The van der Waals surface area contributed by atoms with E-state index in [0.717, 1.165) is 29.5 Å². The Morgan fingerprint density at radius 1 is 1.14 bits per heavy atom. The van der Waals surface area contributed by atoms with Crippen LogP contribution in [0.4, 0.5) is 0 Å². The molecular formula is C30H35NO5. The van der Waals surface area contributed by atoms with Crippen molar-refractivity contribution in [3.8, 4) is 11.5 Å². The maximum Gasteiger partial charge on any atom is 0.323 e. The van der Waals surface area contributed by atoms with Crippen LogP contribution in [0, 0.1) is 6.92 Å². The molecule has 1 fully saturated rings. The van der Waals surface area contributed by atoms with Crippen LogP contribution in [-0.2, 0) is 11.3 Å². The summed E-state index contributed by atoms with van der Waals surface area (Å²) >= 11 is 0. The molecule has 4 rings (SSSR count). The predicted molar refractivity (Wildman–Crippen MR) is 142 cm³/mol. The Hall–Kier alpha value is -3.35. The number of hydrogen-bond acceptors (Lipinski definition) is 5. The van der Waals surface area contributed by atoms with Gasteiger partial charge < -0.3 is 19.7 Å². The van der Waals surface area contributed by atoms with Crippen molar-refractivity contribution in [2.24, 2.45) is 0 Å². The molecule has 2 aromatic rings. The zero-order valence-electron chi connectivity index (χ0n) is 21.2. The molecule has 1 aliphatic carbocycles. The Morgan fingerprint density at radius 2 is 1.89 bits per heavy atom. The first kappa shape index (κ1) is 25.7. The Balaban J connectivity index is 1.61. The zero-order valence-corrected chi connectivity index (χ0v) is 21.2. The summed E-state index contributed by atoms with van der Waals surface area (Å²) in [6, 6.07) is 9.36. The highest BCUT2D eigenvalue weighted by Crippen LogP contribution is 2.35. The van der Waals surface area contributed by atoms with Gasteiger partial charge in [-0.15, -0.1) is 0 Å². The summed E-state index contributed by atoms with van der Waals surface area (Å²) in [6.45, 7) is 3.07. The molecule has 36 heavy (non-hydrogen) atoms. The molecule has 0 amide bonds. The van der Waals surface area contributed by atoms with Crippen LogP contribution in [0.2, 0.25) is 0 Å². The summed E-state index contributed by atoms with van der Waals surface area (Å²) in [5, 5.41) is 20.0. The van der Waals surface area contributed by atoms with E-state index in [1.54, 1.807) is 19.1 Å². The van der Waals surface area contributed by atoms with Gasteiger partial charge in [-0.25, -0.2) is 0 Å². The smallest absolute Gasteiger partial charge is 0.323 e. The maximum absolute atomic E-state index is 11.8. The molecule has 3 atom stereocenters. The third-order valence-electron chi connectivity index (χ3n) is 7.20. The largest absolute Gasteiger partial charge is 0.496 e. The quantitative estimate of drug-likeness (QED) is 0.497. The molecule has 6 heteroatoms. The highest BCUT2D eigenvalue weighted by molar-refractivity contribution is 5.75. The molecule has 2 aromatic carbocycles. The first-order valence-corrected chi connectivity index (χ1v) is 12.4. The van der Waals surface area contributed by atoms with Crippen molar-refractivity contribution in [1.29, 1.82) is 0 Å². The van der Waals surface area contributed by atoms with Gasteiger partial charge in [0.15, 0.2) is 0 Å². The second-order valence-electron chi connectivity index (χ2n) is 9.42. The van der Waals surface area contributed by atoms with Crippen LogP contribution in [0.5, 0.6) is 11.5 Å². The number of aliphatic hydroxyl groups is 1. The number of ether oxygens (including phenoxy) is 2. The third-order valence-corrected chi connectivity index (χ3v) is 7.20. The molecule has 2 aliphatic rings. The van der Waals surface area contributed by atoms with Gasteiger partial charge in [-0.1, -0.05) is 54.7 Å². The summed E-state index contributed by atoms with van der Waals surface area (Å²) in [5.74, 6) is 0.633. The number of hydrogen-bond donors (Lipinski definition) is 2. The van der Waals surface area contributed by atoms with Crippen LogP contribution in [0.3, 0.4) is 0 Å². The van der Waals surface area contributed by atoms with E-state index in [1.807, 2.05) is 18.2 Å². The van der Waals surface area contributed by atoms with Gasteiger partial charge in [-0.05, 0) is 67.1 Å². The number of carboxylic acids is 1. The van der Waals surface area contributed by atoms with Crippen molar-refractivity contribution in [2.45, 2.75) is 50.8 Å². The molecule has 6 nitrogen and oxygen atoms in total. The average Bonchev–Trinajstić information content (AvgIpc) is 2.88. The van der Waals surface area contributed by atoms with Gasteiger partial charge >= 0.3 is 5.97 Å². The summed E-state index contributed by atoms with van der Waals surface area (Å²) < 4.78 is 11.4. The topological polar surface area (TPSA) is 79.2 Å². The summed E-state index contributed by atoms with van der Waals surface area (Å²) in [7, 11) is 3.20. The highest BCUT2D eigenvalue weighted by atomic mass is 16.5. The van der Waals surface area contributed by atoms with Crippen molar-refractivity contribution in [1.82, 2.24) is 4.90 Å². The number of piperidine rings is 1. The summed E-state index contributed by atoms with van der Waals surface area (Å²) in [4.78, 5) is 13.6. The molecular weight excluding hydrogens is 454 g/mol. The van der Waals surface area contributed by atoms with Gasteiger partial charge in [0.2, 0.25) is 0 Å². The summed E-state index contributed by atoms with van der Waals surface area (Å²) in [6.07, 6.45) is 14.2. The first-order valence-electron chi connectivity index (χ1n) is 12.4. The van der Waals surface area contributed by atoms with Crippen molar-refractivity contribution < 1.29 is 24.5 Å². The Bertz CT molecular complexity index is 1160. The molecule has 190 valence electrons. The second kappa shape index (κ2) is 11.6. The molecule has 0 saturated carbocycles. The number of carboxylic acid groups (broad SMARTS) is 1. The van der Waals surface area contributed by atoms with Gasteiger partial charge in [0.1, 0.15) is 17.5 Å². The van der Waals surface area contributed by atoms with Crippen LogP contribution < -0.4 is 9.47 Å². The van der Waals surface area contributed by atoms with Crippen molar-refractivity contribution >= 4 is 18.1 Å². The number of benzene rings is 2. The van der Waals surface area contributed by atoms with Crippen molar-refractivity contribution in [3.63, 3.8) is 0 Å². The lowest BCUT2D eigenvalue weighted by Gasteiger charge is -2.36. The van der Waals surface area contributed by atoms with E-state index in [2.05, 4.69) is 55.5 Å². The monoisotopic (exact) mass is 489 g/mol. The lowest BCUT2D eigenvalue weighted by atomic mass is 9.87. The number of aliphatic hydroxyl groups excluding tert-OH is 1. The molecule has 3 unspecified atom stereocenters. The molecule has 2 N–H and O–H groups in total. The predicted octanol–water partition coefficient (Wildman–Crippen LogP) is 5.19. The van der Waals surface area contributed by atoms with Crippen LogP contribution in [-0.4, -0.2) is 54.0 Å². The average molecular weight is 490 g/mol. The van der Waals surface area contributed by atoms with Gasteiger partial charge in [-0.3, -0.25) is 9.69 Å². The molecule has 0 radical (unpaired) electrons. The molecule has 0 bridgehead atoms. The minimum atomic E-state index is -1.02. The molecule has 1 aliphatic heterocycles. The van der Waals surface area contributed by atoms with Gasteiger partial charge in [0, 0.05) is 12.5 Å². The van der Waals surface area contributed by atoms with Crippen molar-refractivity contribution in [2.75, 3.05) is 20.8 Å². The van der Waals surface area contributed by atoms with E-state index < -0.39 is 18.1 Å². The Morgan fingerprint density at radius 3 is 2.53 bits per heavy atom. The number of methoxy groups -OCH3 is 2. The number of aliphatic carboxylic acids is 1. The third kappa shape index (κ3) is 5.55. The minimum absolute atomic E-state index is 0.314. The fraction of sp³-hybridized carbons (Fsp3) is 0.367. The highest BCUT2D eigenvalue weighted by Gasteiger charge is 2.36. The van der Waals surface area contributed by atoms with Gasteiger partial charge in [0.25, 0.3) is 0 Å². The van der Waals surface area contributed by atoms with E-state index in [4.69, 9.17) is 9.47 Å². The van der Waals surface area contributed by atoms with Gasteiger partial charge in [-0.2, -0.15) is 0 Å². The second-order valence-corrected chi connectivity index (χ2v) is 9.42. The zero-order chi connectivity index (χ0) is 25.7. The Kier molecular flexibility index (Phi) is 8.28. The van der Waals surface area contributed by atoms with Crippen LogP contribution in [0.15, 0.2) is 54.6 Å². The maximum atomic E-state index is 11.8. The normalized spacial score (nSPS) is 22.2. The van der Waals surface area contributed by atoms with E-state index in [9.17, 15) is 15.0 Å². The van der Waals surface area contributed by atoms with Crippen molar-refractivity contribution in [3.05, 3.63) is 82.5 Å². The first-order chi connectivity index (χ1) is 17.4. The van der Waals surface area contributed by atoms with E-state index in [0.29, 0.717) is 36.9 Å².